The van der Waals surface area contributed by atoms with Gasteiger partial charge in [0.15, 0.2) is 0 Å². The van der Waals surface area contributed by atoms with Crippen molar-refractivity contribution in [3.8, 4) is 0 Å². The molecule has 1 rings (SSSR count). The molecule has 2 nitrogen and oxygen atoms in total. The Kier molecular flexibility index (Phi) is 9.54. The maximum atomic E-state index is 3.77. The number of piperazine rings is 1. The van der Waals surface area contributed by atoms with Gasteiger partial charge in [-0.3, -0.25) is 4.90 Å². The third-order valence-electron chi connectivity index (χ3n) is 4.54. The second-order valence-corrected chi connectivity index (χ2v) is 7.09. The van der Waals surface area contributed by atoms with Crippen LogP contribution in [-0.2, 0) is 0 Å². The lowest BCUT2D eigenvalue weighted by Gasteiger charge is -2.41. The molecular weight excluding hydrogens is 244 g/mol. The number of nitrogens with zero attached hydrogens (tertiary/aromatic N) is 1. The van der Waals surface area contributed by atoms with Crippen LogP contribution in [0.3, 0.4) is 0 Å². The van der Waals surface area contributed by atoms with Crippen LogP contribution < -0.4 is 5.32 Å². The highest BCUT2D eigenvalue weighted by molar-refractivity contribution is 4.86. The van der Waals surface area contributed by atoms with E-state index in [9.17, 15) is 0 Å². The summed E-state index contributed by atoms with van der Waals surface area (Å²) in [7, 11) is 0. The minimum Gasteiger partial charge on any atom is -0.311 e. The molecule has 20 heavy (non-hydrogen) atoms. The molecule has 1 saturated heterocycles. The molecule has 0 aromatic rings. The van der Waals surface area contributed by atoms with Gasteiger partial charge in [0, 0.05) is 25.2 Å². The maximum absolute atomic E-state index is 3.77. The quantitative estimate of drug-likeness (QED) is 0.596. The average molecular weight is 283 g/mol. The van der Waals surface area contributed by atoms with Gasteiger partial charge in [-0.1, -0.05) is 59.8 Å². The zero-order valence-electron chi connectivity index (χ0n) is 14.5. The van der Waals surface area contributed by atoms with E-state index in [1.165, 1.54) is 71.0 Å². The van der Waals surface area contributed by atoms with Crippen molar-refractivity contribution in [3.63, 3.8) is 0 Å². The first-order chi connectivity index (χ1) is 9.67. The van der Waals surface area contributed by atoms with Crippen molar-refractivity contribution >= 4 is 0 Å². The largest absolute Gasteiger partial charge is 0.311 e. The van der Waals surface area contributed by atoms with Gasteiger partial charge < -0.3 is 5.32 Å². The Morgan fingerprint density at radius 3 is 2.45 bits per heavy atom. The highest BCUT2D eigenvalue weighted by Crippen LogP contribution is 2.18. The highest BCUT2D eigenvalue weighted by Gasteiger charge is 2.27. The number of hydrogen-bond acceptors (Lipinski definition) is 2. The summed E-state index contributed by atoms with van der Waals surface area (Å²) in [5.41, 5.74) is 0. The van der Waals surface area contributed by atoms with Crippen molar-refractivity contribution in [2.75, 3.05) is 19.6 Å². The van der Waals surface area contributed by atoms with Gasteiger partial charge >= 0.3 is 0 Å². The molecule has 1 aliphatic heterocycles. The molecule has 0 spiro atoms. The molecule has 0 aliphatic carbocycles. The first-order valence-electron chi connectivity index (χ1n) is 9.14. The van der Waals surface area contributed by atoms with Crippen LogP contribution in [-0.4, -0.2) is 36.6 Å². The van der Waals surface area contributed by atoms with E-state index >= 15 is 0 Å². The van der Waals surface area contributed by atoms with E-state index in [0.717, 1.165) is 18.0 Å². The predicted molar refractivity (Wildman–Crippen MR) is 90.3 cm³/mol. The average Bonchev–Trinajstić information content (AvgIpc) is 2.41. The second kappa shape index (κ2) is 10.6. The summed E-state index contributed by atoms with van der Waals surface area (Å²) < 4.78 is 0. The van der Waals surface area contributed by atoms with Gasteiger partial charge in [-0.25, -0.2) is 0 Å². The van der Waals surface area contributed by atoms with E-state index < -0.39 is 0 Å². The summed E-state index contributed by atoms with van der Waals surface area (Å²) in [5, 5.41) is 3.77. The second-order valence-electron chi connectivity index (χ2n) is 7.09. The number of unbranched alkanes of at least 4 members (excludes halogenated alkanes) is 4. The molecule has 0 radical (unpaired) electrons. The summed E-state index contributed by atoms with van der Waals surface area (Å²) in [6.45, 7) is 13.1. The van der Waals surface area contributed by atoms with Crippen molar-refractivity contribution in [1.82, 2.24) is 10.2 Å². The summed E-state index contributed by atoms with van der Waals surface area (Å²) in [4.78, 5) is 2.79. The van der Waals surface area contributed by atoms with Gasteiger partial charge in [0.1, 0.15) is 0 Å². The fourth-order valence-electron chi connectivity index (χ4n) is 3.44. The van der Waals surface area contributed by atoms with E-state index in [2.05, 4.69) is 37.9 Å². The molecule has 120 valence electrons. The lowest BCUT2D eigenvalue weighted by Crippen LogP contribution is -2.56. The number of rotatable bonds is 10. The molecule has 1 aliphatic rings. The van der Waals surface area contributed by atoms with Gasteiger partial charge in [-0.15, -0.1) is 0 Å². The predicted octanol–water partition coefficient (Wildman–Crippen LogP) is 4.45. The van der Waals surface area contributed by atoms with E-state index in [0.29, 0.717) is 0 Å². The molecule has 1 heterocycles. The van der Waals surface area contributed by atoms with E-state index in [1.54, 1.807) is 0 Å². The number of hydrogen-bond donors (Lipinski definition) is 1. The molecule has 1 fully saturated rings. The third-order valence-corrected chi connectivity index (χ3v) is 4.54. The van der Waals surface area contributed by atoms with Crippen LogP contribution in [0.15, 0.2) is 0 Å². The van der Waals surface area contributed by atoms with Crippen molar-refractivity contribution in [2.24, 2.45) is 5.92 Å². The first kappa shape index (κ1) is 18.0. The molecule has 0 saturated carbocycles. The molecule has 2 atom stereocenters. The molecule has 0 bridgehead atoms. The molecule has 2 heteroatoms. The fourth-order valence-corrected chi connectivity index (χ4v) is 3.44. The Morgan fingerprint density at radius 1 is 1.05 bits per heavy atom. The van der Waals surface area contributed by atoms with E-state index in [-0.39, 0.29) is 0 Å². The summed E-state index contributed by atoms with van der Waals surface area (Å²) in [5.74, 6) is 0.812. The topological polar surface area (TPSA) is 15.3 Å². The third kappa shape index (κ3) is 7.08. The molecule has 1 N–H and O–H groups in total. The lowest BCUT2D eigenvalue weighted by atomic mass is 9.97. The Morgan fingerprint density at radius 2 is 1.80 bits per heavy atom. The molecular formula is C18H38N2. The normalized spacial score (nSPS) is 24.4. The van der Waals surface area contributed by atoms with Crippen LogP contribution in [0, 0.1) is 5.92 Å². The van der Waals surface area contributed by atoms with Crippen LogP contribution in [0.5, 0.6) is 0 Å². The Labute approximate surface area is 127 Å². The van der Waals surface area contributed by atoms with Gasteiger partial charge in [0.25, 0.3) is 0 Å². The van der Waals surface area contributed by atoms with Crippen molar-refractivity contribution in [2.45, 2.75) is 91.1 Å². The zero-order valence-corrected chi connectivity index (χ0v) is 14.5. The minimum absolute atomic E-state index is 0.735. The Balaban J connectivity index is 2.36. The van der Waals surface area contributed by atoms with Gasteiger partial charge in [-0.2, -0.15) is 0 Å². The number of nitrogens with one attached hydrogen (secondary N) is 1. The highest BCUT2D eigenvalue weighted by atomic mass is 15.2. The van der Waals surface area contributed by atoms with Crippen LogP contribution in [0.4, 0.5) is 0 Å². The van der Waals surface area contributed by atoms with Crippen molar-refractivity contribution in [1.29, 1.82) is 0 Å². The molecule has 0 amide bonds. The van der Waals surface area contributed by atoms with Gasteiger partial charge in [0.2, 0.25) is 0 Å². The van der Waals surface area contributed by atoms with Gasteiger partial charge in [0.05, 0.1) is 0 Å². The maximum Gasteiger partial charge on any atom is 0.0223 e. The first-order valence-corrected chi connectivity index (χ1v) is 9.14. The summed E-state index contributed by atoms with van der Waals surface area (Å²) in [6.07, 6.45) is 11.0. The van der Waals surface area contributed by atoms with Crippen LogP contribution in [0.2, 0.25) is 0 Å². The van der Waals surface area contributed by atoms with Crippen LogP contribution >= 0.6 is 0 Å². The minimum atomic E-state index is 0.735. The van der Waals surface area contributed by atoms with Crippen molar-refractivity contribution in [3.05, 3.63) is 0 Å². The van der Waals surface area contributed by atoms with Crippen LogP contribution in [0.1, 0.15) is 79.1 Å². The fraction of sp³-hybridized carbons (Fsp3) is 1.00. The Hall–Kier alpha value is -0.0800. The Bertz CT molecular complexity index is 227. The molecule has 0 aromatic heterocycles. The lowest BCUT2D eigenvalue weighted by molar-refractivity contribution is 0.108. The van der Waals surface area contributed by atoms with E-state index in [1.807, 2.05) is 0 Å². The summed E-state index contributed by atoms with van der Waals surface area (Å²) >= 11 is 0. The van der Waals surface area contributed by atoms with Crippen molar-refractivity contribution < 1.29 is 0 Å². The van der Waals surface area contributed by atoms with Gasteiger partial charge in [-0.05, 0) is 31.7 Å². The van der Waals surface area contributed by atoms with Crippen LogP contribution in [0.25, 0.3) is 0 Å². The monoisotopic (exact) mass is 282 g/mol. The summed E-state index contributed by atoms with van der Waals surface area (Å²) in [6, 6.07) is 1.51. The molecule has 2 unspecified atom stereocenters. The smallest absolute Gasteiger partial charge is 0.0223 e. The van der Waals surface area contributed by atoms with E-state index in [4.69, 9.17) is 0 Å². The molecule has 0 aromatic carbocycles. The SMILES string of the molecule is CCCCCCCN1CC(CCC)NCC1CC(C)C. The zero-order chi connectivity index (χ0) is 14.8. The standard InChI is InChI=1S/C18H38N2/c1-5-7-8-9-10-12-20-15-17(11-6-2)19-14-18(20)13-16(3)4/h16-19H,5-15H2,1-4H3.